The van der Waals surface area contributed by atoms with E-state index in [1.165, 1.54) is 16.9 Å². The average Bonchev–Trinajstić information content (AvgIpc) is 2.93. The molecule has 0 N–H and O–H groups in total. The zero-order valence-corrected chi connectivity index (χ0v) is 14.3. The third kappa shape index (κ3) is 3.88. The van der Waals surface area contributed by atoms with Crippen LogP contribution in [-0.4, -0.2) is 36.9 Å². The predicted octanol–water partition coefficient (Wildman–Crippen LogP) is 2.33. The Kier molecular flexibility index (Phi) is 5.44. The largest absolute Gasteiger partial charge is 0.494 e. The normalized spacial score (nSPS) is 15.0. The maximum atomic E-state index is 14.2. The van der Waals surface area contributed by atoms with E-state index in [1.807, 2.05) is 6.92 Å². The number of rotatable bonds is 5. The van der Waals surface area contributed by atoms with E-state index < -0.39 is 17.5 Å². The smallest absolute Gasteiger partial charge is 0.317 e. The van der Waals surface area contributed by atoms with Crippen molar-refractivity contribution in [2.75, 3.05) is 26.4 Å². The summed E-state index contributed by atoms with van der Waals surface area (Å²) < 4.78 is 45.1. The van der Waals surface area contributed by atoms with E-state index in [9.17, 15) is 13.6 Å². The first kappa shape index (κ1) is 17.6. The van der Waals surface area contributed by atoms with Crippen molar-refractivity contribution in [2.24, 2.45) is 4.99 Å². The van der Waals surface area contributed by atoms with Gasteiger partial charge in [-0.15, -0.1) is 0 Å². The van der Waals surface area contributed by atoms with Gasteiger partial charge in [-0.05, 0) is 13.0 Å². The van der Waals surface area contributed by atoms with Gasteiger partial charge in [0, 0.05) is 19.2 Å². The van der Waals surface area contributed by atoms with Crippen molar-refractivity contribution in [2.45, 2.75) is 13.5 Å². The molecule has 1 aliphatic heterocycles. The van der Waals surface area contributed by atoms with E-state index in [0.29, 0.717) is 24.5 Å². The van der Waals surface area contributed by atoms with Crippen LogP contribution in [0.4, 0.5) is 8.78 Å². The van der Waals surface area contributed by atoms with Gasteiger partial charge in [-0.25, -0.2) is 8.78 Å². The van der Waals surface area contributed by atoms with E-state index in [4.69, 9.17) is 14.2 Å². The summed E-state index contributed by atoms with van der Waals surface area (Å²) in [5.74, 6) is -2.06. The zero-order chi connectivity index (χ0) is 17.8. The maximum Gasteiger partial charge on any atom is 0.317 e. The first-order valence-corrected chi connectivity index (χ1v) is 8.51. The van der Waals surface area contributed by atoms with Crippen molar-refractivity contribution in [1.82, 2.24) is 4.57 Å². The van der Waals surface area contributed by atoms with E-state index in [1.54, 1.807) is 0 Å². The highest BCUT2D eigenvalue weighted by Crippen LogP contribution is 2.22. The van der Waals surface area contributed by atoms with Crippen molar-refractivity contribution in [3.05, 3.63) is 40.6 Å². The van der Waals surface area contributed by atoms with Crippen LogP contribution < -0.4 is 4.80 Å². The lowest BCUT2D eigenvalue weighted by Crippen LogP contribution is -2.22. The van der Waals surface area contributed by atoms with Gasteiger partial charge < -0.3 is 18.8 Å². The maximum absolute atomic E-state index is 14.2. The molecule has 3 rings (SSSR count). The lowest BCUT2D eigenvalue weighted by molar-refractivity contribution is -0.119. The molecule has 1 aromatic carbocycles. The number of fused-ring (bicyclic) bond motifs is 1. The molecule has 0 spiro atoms. The predicted molar refractivity (Wildman–Crippen MR) is 86.8 cm³/mol. The zero-order valence-electron chi connectivity index (χ0n) is 13.5. The van der Waals surface area contributed by atoms with Crippen LogP contribution in [0.25, 0.3) is 10.2 Å². The highest BCUT2D eigenvalue weighted by Gasteiger charge is 2.17. The summed E-state index contributed by atoms with van der Waals surface area (Å²) in [5, 5.41) is 0. The van der Waals surface area contributed by atoms with Crippen LogP contribution in [0.2, 0.25) is 0 Å². The number of hydrogen-bond acceptors (Lipinski definition) is 5. The van der Waals surface area contributed by atoms with Crippen molar-refractivity contribution in [3.8, 4) is 0 Å². The van der Waals surface area contributed by atoms with Crippen molar-refractivity contribution < 1.29 is 27.8 Å². The highest BCUT2D eigenvalue weighted by atomic mass is 32.1. The Morgan fingerprint density at radius 3 is 2.96 bits per heavy atom. The number of aromatic nitrogens is 1. The third-order valence-corrected chi connectivity index (χ3v) is 4.44. The van der Waals surface area contributed by atoms with Gasteiger partial charge in [0.15, 0.2) is 10.6 Å². The van der Waals surface area contributed by atoms with Crippen LogP contribution in [0.5, 0.6) is 0 Å². The van der Waals surface area contributed by atoms with E-state index >= 15 is 0 Å². The molecule has 0 unspecified atom stereocenters. The number of amides is 1. The van der Waals surface area contributed by atoms with Crippen molar-refractivity contribution in [3.63, 3.8) is 0 Å². The standard InChI is InChI=1S/C16H16F2N2O4S/c1-2-22-4-3-20-14-11(18)7-10(17)8-13(14)25-16(20)19-15(21)12-9-23-5-6-24-12/h7-9H,2-6H2,1H3. The molecule has 0 aliphatic carbocycles. The Labute approximate surface area is 146 Å². The molecule has 25 heavy (non-hydrogen) atoms. The second-order valence-corrected chi connectivity index (χ2v) is 6.09. The van der Waals surface area contributed by atoms with Gasteiger partial charge in [0.2, 0.25) is 5.76 Å². The first-order chi connectivity index (χ1) is 12.1. The minimum absolute atomic E-state index is 0.0216. The molecule has 2 heterocycles. The number of nitrogens with zero attached hydrogens (tertiary/aromatic N) is 2. The average molecular weight is 370 g/mol. The van der Waals surface area contributed by atoms with Crippen LogP contribution in [0.1, 0.15) is 6.92 Å². The Morgan fingerprint density at radius 2 is 2.24 bits per heavy atom. The van der Waals surface area contributed by atoms with Crippen LogP contribution in [0.15, 0.2) is 29.1 Å². The SMILES string of the molecule is CCOCCn1c(=NC(=O)C2=COCCO2)sc2cc(F)cc(F)c21. The van der Waals surface area contributed by atoms with Crippen molar-refractivity contribution >= 4 is 27.5 Å². The fourth-order valence-electron chi connectivity index (χ4n) is 2.34. The fraction of sp³-hybridized carbons (Fsp3) is 0.375. The molecule has 9 heteroatoms. The van der Waals surface area contributed by atoms with Gasteiger partial charge in [-0.3, -0.25) is 4.79 Å². The first-order valence-electron chi connectivity index (χ1n) is 7.70. The molecule has 0 atom stereocenters. The molecular weight excluding hydrogens is 354 g/mol. The minimum atomic E-state index is -0.715. The molecule has 0 radical (unpaired) electrons. The Bertz CT molecular complexity index is 888. The van der Waals surface area contributed by atoms with Gasteiger partial charge >= 0.3 is 5.91 Å². The molecular formula is C16H16F2N2O4S. The summed E-state index contributed by atoms with van der Waals surface area (Å²) in [5.41, 5.74) is 0.187. The molecule has 0 saturated heterocycles. The molecule has 1 amide bonds. The van der Waals surface area contributed by atoms with E-state index in [-0.39, 0.29) is 29.2 Å². The van der Waals surface area contributed by atoms with E-state index in [0.717, 1.165) is 17.4 Å². The highest BCUT2D eigenvalue weighted by molar-refractivity contribution is 7.16. The second kappa shape index (κ2) is 7.75. The van der Waals surface area contributed by atoms with E-state index in [2.05, 4.69) is 4.99 Å². The van der Waals surface area contributed by atoms with Crippen LogP contribution in [-0.2, 0) is 25.5 Å². The number of carbonyl (C=O) groups is 1. The fourth-order valence-corrected chi connectivity index (χ4v) is 3.44. The van der Waals surface area contributed by atoms with Crippen molar-refractivity contribution in [1.29, 1.82) is 0 Å². The summed E-state index contributed by atoms with van der Waals surface area (Å²) in [7, 11) is 0. The summed E-state index contributed by atoms with van der Waals surface area (Å²) in [6.45, 7) is 3.54. The molecule has 1 aromatic heterocycles. The lowest BCUT2D eigenvalue weighted by Gasteiger charge is -2.12. The Hall–Kier alpha value is -2.26. The number of benzene rings is 1. The Morgan fingerprint density at radius 1 is 1.40 bits per heavy atom. The second-order valence-electron chi connectivity index (χ2n) is 5.09. The third-order valence-electron chi connectivity index (χ3n) is 3.42. The van der Waals surface area contributed by atoms with Gasteiger partial charge in [-0.1, -0.05) is 11.3 Å². The number of carbonyl (C=O) groups excluding carboxylic acids is 1. The van der Waals surface area contributed by atoms with Gasteiger partial charge in [0.05, 0.1) is 16.8 Å². The summed E-state index contributed by atoms with van der Waals surface area (Å²) in [6, 6.07) is 2.02. The molecule has 1 aliphatic rings. The molecule has 0 saturated carbocycles. The lowest BCUT2D eigenvalue weighted by atomic mass is 10.3. The topological polar surface area (TPSA) is 62.1 Å². The monoisotopic (exact) mass is 370 g/mol. The number of thiazole rings is 1. The Balaban J connectivity index is 2.07. The molecule has 6 nitrogen and oxygen atoms in total. The number of halogens is 2. The van der Waals surface area contributed by atoms with Crippen LogP contribution in [0, 0.1) is 11.6 Å². The molecule has 0 bridgehead atoms. The molecule has 0 fully saturated rings. The van der Waals surface area contributed by atoms with Gasteiger partial charge in [0.1, 0.15) is 25.3 Å². The summed E-state index contributed by atoms with van der Waals surface area (Å²) >= 11 is 1.02. The summed E-state index contributed by atoms with van der Waals surface area (Å²) in [4.78, 5) is 16.5. The van der Waals surface area contributed by atoms with Gasteiger partial charge in [-0.2, -0.15) is 4.99 Å². The van der Waals surface area contributed by atoms with Crippen LogP contribution >= 0.6 is 11.3 Å². The quantitative estimate of drug-likeness (QED) is 0.758. The van der Waals surface area contributed by atoms with Crippen LogP contribution in [0.3, 0.4) is 0 Å². The molecule has 134 valence electrons. The van der Waals surface area contributed by atoms with Gasteiger partial charge in [0.25, 0.3) is 0 Å². The summed E-state index contributed by atoms with van der Waals surface area (Å²) in [6.07, 6.45) is 1.20. The number of hydrogen-bond donors (Lipinski definition) is 0. The minimum Gasteiger partial charge on any atom is -0.494 e. The number of ether oxygens (including phenoxy) is 3. The molecule has 2 aromatic rings.